The summed E-state index contributed by atoms with van der Waals surface area (Å²) in [6.07, 6.45) is 6.26. The summed E-state index contributed by atoms with van der Waals surface area (Å²) in [7, 11) is 0. The van der Waals surface area contributed by atoms with Crippen molar-refractivity contribution in [3.05, 3.63) is 107 Å². The molecule has 0 saturated carbocycles. The van der Waals surface area contributed by atoms with Crippen molar-refractivity contribution in [3.8, 4) is 0 Å². The van der Waals surface area contributed by atoms with Crippen LogP contribution in [0.4, 0.5) is 5.69 Å². The van der Waals surface area contributed by atoms with Crippen molar-refractivity contribution < 1.29 is 4.79 Å². The van der Waals surface area contributed by atoms with Gasteiger partial charge in [-0.3, -0.25) is 4.79 Å². The highest BCUT2D eigenvalue weighted by atomic mass is 16.2. The summed E-state index contributed by atoms with van der Waals surface area (Å²) in [4.78, 5) is 17.8. The van der Waals surface area contributed by atoms with Gasteiger partial charge >= 0.3 is 0 Å². The van der Waals surface area contributed by atoms with E-state index < -0.39 is 0 Å². The maximum atomic E-state index is 13.4. The fourth-order valence-corrected chi connectivity index (χ4v) is 4.76. The minimum atomic E-state index is -0.124. The number of rotatable bonds is 3. The average Bonchev–Trinajstić information content (AvgIpc) is 2.82. The molecule has 3 aromatic carbocycles. The van der Waals surface area contributed by atoms with Gasteiger partial charge in [0.25, 0.3) is 5.91 Å². The molecule has 5 rings (SSSR count). The number of carbonyl (C=O) groups excluding carboxylic acids is 1. The molecule has 1 atom stereocenters. The molecule has 0 N–H and O–H groups in total. The van der Waals surface area contributed by atoms with Crippen LogP contribution >= 0.6 is 0 Å². The van der Waals surface area contributed by atoms with Crippen LogP contribution in [0.1, 0.15) is 52.0 Å². The zero-order valence-electron chi connectivity index (χ0n) is 17.3. The van der Waals surface area contributed by atoms with Gasteiger partial charge in [0.2, 0.25) is 0 Å². The maximum absolute atomic E-state index is 13.4. The SMILES string of the molecule is CCN1CCCc2cc([C@H]3c4ccccc4C=CN3C(=O)c3ccccc3)ccc21. The van der Waals surface area contributed by atoms with Crippen molar-refractivity contribution in [2.24, 2.45) is 0 Å². The number of hydrogen-bond acceptors (Lipinski definition) is 2. The lowest BCUT2D eigenvalue weighted by atomic mass is 9.88. The van der Waals surface area contributed by atoms with E-state index in [2.05, 4.69) is 54.3 Å². The number of aryl methyl sites for hydroxylation is 1. The molecular formula is C27H26N2O. The fourth-order valence-electron chi connectivity index (χ4n) is 4.76. The lowest BCUT2D eigenvalue weighted by molar-refractivity contribution is 0.0787. The smallest absolute Gasteiger partial charge is 0.258 e. The summed E-state index contributed by atoms with van der Waals surface area (Å²) in [6, 6.07) is 24.6. The van der Waals surface area contributed by atoms with E-state index in [1.54, 1.807) is 0 Å². The summed E-state index contributed by atoms with van der Waals surface area (Å²) in [6.45, 7) is 4.36. The molecule has 3 heteroatoms. The highest BCUT2D eigenvalue weighted by Crippen LogP contribution is 2.39. The topological polar surface area (TPSA) is 23.6 Å². The van der Waals surface area contributed by atoms with Crippen molar-refractivity contribution in [2.75, 3.05) is 18.0 Å². The van der Waals surface area contributed by atoms with Gasteiger partial charge in [-0.15, -0.1) is 0 Å². The fraction of sp³-hybridized carbons (Fsp3) is 0.222. The second-order valence-corrected chi connectivity index (χ2v) is 8.00. The van der Waals surface area contributed by atoms with Crippen molar-refractivity contribution >= 4 is 17.7 Å². The Hall–Kier alpha value is -3.33. The molecule has 30 heavy (non-hydrogen) atoms. The molecule has 3 nitrogen and oxygen atoms in total. The van der Waals surface area contributed by atoms with Crippen LogP contribution in [-0.2, 0) is 6.42 Å². The summed E-state index contributed by atoms with van der Waals surface area (Å²) >= 11 is 0. The number of anilines is 1. The number of hydrogen-bond donors (Lipinski definition) is 0. The Morgan fingerprint density at radius 3 is 2.63 bits per heavy atom. The van der Waals surface area contributed by atoms with Crippen molar-refractivity contribution in [1.82, 2.24) is 4.90 Å². The lowest BCUT2D eigenvalue weighted by Crippen LogP contribution is -2.34. The van der Waals surface area contributed by atoms with Crippen molar-refractivity contribution in [2.45, 2.75) is 25.8 Å². The van der Waals surface area contributed by atoms with Crippen LogP contribution in [0.2, 0.25) is 0 Å². The Morgan fingerprint density at radius 2 is 1.80 bits per heavy atom. The summed E-state index contributed by atoms with van der Waals surface area (Å²) in [5.74, 6) is 0.0271. The number of carbonyl (C=O) groups is 1. The highest BCUT2D eigenvalue weighted by molar-refractivity contribution is 5.96. The number of amides is 1. The largest absolute Gasteiger partial charge is 0.372 e. The molecule has 3 aromatic rings. The van der Waals surface area contributed by atoms with Crippen LogP contribution in [0, 0.1) is 0 Å². The zero-order valence-corrected chi connectivity index (χ0v) is 17.3. The first-order chi connectivity index (χ1) is 14.8. The molecule has 150 valence electrons. The van der Waals surface area contributed by atoms with E-state index in [1.165, 1.54) is 34.4 Å². The van der Waals surface area contributed by atoms with E-state index in [-0.39, 0.29) is 11.9 Å². The monoisotopic (exact) mass is 394 g/mol. The maximum Gasteiger partial charge on any atom is 0.258 e. The van der Waals surface area contributed by atoms with Crippen LogP contribution < -0.4 is 4.90 Å². The van der Waals surface area contributed by atoms with Gasteiger partial charge in [0.15, 0.2) is 0 Å². The predicted molar refractivity (Wildman–Crippen MR) is 123 cm³/mol. The van der Waals surface area contributed by atoms with Crippen LogP contribution in [0.15, 0.2) is 79.0 Å². The van der Waals surface area contributed by atoms with Gasteiger partial charge in [0, 0.05) is 30.5 Å². The molecule has 0 aromatic heterocycles. The van der Waals surface area contributed by atoms with E-state index in [4.69, 9.17) is 0 Å². The van der Waals surface area contributed by atoms with Crippen LogP contribution in [0.5, 0.6) is 0 Å². The zero-order chi connectivity index (χ0) is 20.5. The van der Waals surface area contributed by atoms with Gasteiger partial charge in [-0.1, -0.05) is 54.6 Å². The number of nitrogens with zero attached hydrogens (tertiary/aromatic N) is 2. The third-order valence-electron chi connectivity index (χ3n) is 6.25. The Bertz CT molecular complexity index is 1100. The number of benzene rings is 3. The lowest BCUT2D eigenvalue weighted by Gasteiger charge is -2.36. The van der Waals surface area contributed by atoms with E-state index in [0.717, 1.165) is 19.5 Å². The molecule has 0 unspecified atom stereocenters. The van der Waals surface area contributed by atoms with E-state index in [9.17, 15) is 4.79 Å². The third-order valence-corrected chi connectivity index (χ3v) is 6.25. The normalized spacial score (nSPS) is 17.4. The molecule has 0 bridgehead atoms. The molecule has 0 radical (unpaired) electrons. The standard InChI is InChI=1S/C27H26N2O/c1-2-28-17-8-12-22-19-23(14-15-25(22)28)26-24-13-7-6-9-20(24)16-18-29(26)27(30)21-10-4-3-5-11-21/h3-7,9-11,13-16,18-19,26H,2,8,12,17H2,1H3/t26-/m0/s1. The summed E-state index contributed by atoms with van der Waals surface area (Å²) in [5.41, 5.74) is 6.96. The second-order valence-electron chi connectivity index (χ2n) is 8.00. The Labute approximate surface area is 178 Å². The first-order valence-corrected chi connectivity index (χ1v) is 10.8. The summed E-state index contributed by atoms with van der Waals surface area (Å²) < 4.78 is 0. The molecule has 2 aliphatic rings. The molecule has 0 aliphatic carbocycles. The van der Waals surface area contributed by atoms with Crippen LogP contribution in [-0.4, -0.2) is 23.9 Å². The molecular weight excluding hydrogens is 368 g/mol. The van der Waals surface area contributed by atoms with E-state index in [0.29, 0.717) is 5.56 Å². The van der Waals surface area contributed by atoms with Gasteiger partial charge in [0.05, 0.1) is 6.04 Å². The second kappa shape index (κ2) is 7.83. The molecule has 1 amide bonds. The van der Waals surface area contributed by atoms with Gasteiger partial charge < -0.3 is 9.80 Å². The van der Waals surface area contributed by atoms with Crippen molar-refractivity contribution in [3.63, 3.8) is 0 Å². The minimum Gasteiger partial charge on any atom is -0.372 e. The van der Waals surface area contributed by atoms with Gasteiger partial charge in [-0.05, 0) is 66.3 Å². The Balaban J connectivity index is 1.61. The Morgan fingerprint density at radius 1 is 1.00 bits per heavy atom. The third kappa shape index (κ3) is 3.21. The number of fused-ring (bicyclic) bond motifs is 2. The first-order valence-electron chi connectivity index (χ1n) is 10.8. The quantitative estimate of drug-likeness (QED) is 0.571. The van der Waals surface area contributed by atoms with Crippen molar-refractivity contribution in [1.29, 1.82) is 0 Å². The molecule has 2 aliphatic heterocycles. The Kier molecular flexibility index (Phi) is 4.88. The van der Waals surface area contributed by atoms with E-state index >= 15 is 0 Å². The predicted octanol–water partition coefficient (Wildman–Crippen LogP) is 5.68. The molecule has 0 fully saturated rings. The van der Waals surface area contributed by atoms with Gasteiger partial charge in [-0.2, -0.15) is 0 Å². The van der Waals surface area contributed by atoms with Gasteiger partial charge in [-0.25, -0.2) is 0 Å². The van der Waals surface area contributed by atoms with Crippen LogP contribution in [0.25, 0.3) is 6.08 Å². The highest BCUT2D eigenvalue weighted by Gasteiger charge is 2.31. The molecule has 0 spiro atoms. The van der Waals surface area contributed by atoms with E-state index in [1.807, 2.05) is 47.5 Å². The van der Waals surface area contributed by atoms with Crippen LogP contribution in [0.3, 0.4) is 0 Å². The van der Waals surface area contributed by atoms with Gasteiger partial charge in [0.1, 0.15) is 0 Å². The average molecular weight is 395 g/mol. The summed E-state index contributed by atoms with van der Waals surface area (Å²) in [5, 5.41) is 0. The minimum absolute atomic E-state index is 0.0271. The molecule has 0 saturated heterocycles. The molecule has 2 heterocycles. The first kappa shape index (κ1) is 18.7.